The maximum Gasteiger partial charge on any atom is 0.254 e. The number of piperazine rings is 1. The lowest BCUT2D eigenvalue weighted by Gasteiger charge is -2.34. The third-order valence-electron chi connectivity index (χ3n) is 4.14. The van der Waals surface area contributed by atoms with Gasteiger partial charge < -0.3 is 10.2 Å². The van der Waals surface area contributed by atoms with Gasteiger partial charge in [-0.05, 0) is 30.9 Å². The maximum absolute atomic E-state index is 12.5. The summed E-state index contributed by atoms with van der Waals surface area (Å²) >= 11 is 0. The highest BCUT2D eigenvalue weighted by Gasteiger charge is 2.27. The molecule has 1 aromatic rings. The molecule has 5 heteroatoms. The molecule has 2 aliphatic rings. The van der Waals surface area contributed by atoms with E-state index in [1.165, 1.54) is 19.4 Å². The van der Waals surface area contributed by atoms with Gasteiger partial charge in [0.2, 0.25) is 0 Å². The van der Waals surface area contributed by atoms with E-state index in [9.17, 15) is 4.79 Å². The fourth-order valence-electron chi connectivity index (χ4n) is 2.68. The molecule has 2 heterocycles. The van der Waals surface area contributed by atoms with Crippen LogP contribution in [0.2, 0.25) is 0 Å². The predicted molar refractivity (Wildman–Crippen MR) is 78.9 cm³/mol. The Kier molecular flexibility index (Phi) is 3.87. The fourth-order valence-corrected chi connectivity index (χ4v) is 2.68. The van der Waals surface area contributed by atoms with Crippen molar-refractivity contribution in [2.24, 2.45) is 5.92 Å². The van der Waals surface area contributed by atoms with Crippen LogP contribution in [-0.4, -0.2) is 60.5 Å². The van der Waals surface area contributed by atoms with E-state index in [0.717, 1.165) is 43.5 Å². The number of pyridine rings is 1. The summed E-state index contributed by atoms with van der Waals surface area (Å²) in [6, 6.07) is 3.61. The van der Waals surface area contributed by atoms with Gasteiger partial charge in [0.25, 0.3) is 5.91 Å². The summed E-state index contributed by atoms with van der Waals surface area (Å²) in [6.45, 7) is 4.91. The second-order valence-electron chi connectivity index (χ2n) is 5.72. The summed E-state index contributed by atoms with van der Waals surface area (Å²) < 4.78 is 0. The number of carbonyl (C=O) groups is 1. The van der Waals surface area contributed by atoms with Gasteiger partial charge in [0.15, 0.2) is 0 Å². The van der Waals surface area contributed by atoms with Crippen molar-refractivity contribution in [1.29, 1.82) is 0 Å². The van der Waals surface area contributed by atoms with Gasteiger partial charge in [0.1, 0.15) is 5.82 Å². The van der Waals surface area contributed by atoms with Crippen LogP contribution in [-0.2, 0) is 0 Å². The monoisotopic (exact) mass is 274 g/mol. The molecule has 0 radical (unpaired) electrons. The van der Waals surface area contributed by atoms with E-state index in [1.807, 2.05) is 18.0 Å². The molecular weight excluding hydrogens is 252 g/mol. The Morgan fingerprint density at radius 3 is 2.75 bits per heavy atom. The van der Waals surface area contributed by atoms with Crippen LogP contribution in [0, 0.1) is 5.92 Å². The van der Waals surface area contributed by atoms with Crippen LogP contribution in [0.25, 0.3) is 0 Å². The van der Waals surface area contributed by atoms with Crippen molar-refractivity contribution in [2.45, 2.75) is 12.8 Å². The van der Waals surface area contributed by atoms with Crippen LogP contribution in [0.4, 0.5) is 5.82 Å². The van der Waals surface area contributed by atoms with E-state index < -0.39 is 0 Å². The number of rotatable bonds is 4. The molecule has 0 unspecified atom stereocenters. The number of aromatic nitrogens is 1. The third kappa shape index (κ3) is 3.10. The van der Waals surface area contributed by atoms with Crippen molar-refractivity contribution in [3.63, 3.8) is 0 Å². The number of carbonyl (C=O) groups excluding carboxylic acids is 1. The van der Waals surface area contributed by atoms with Gasteiger partial charge >= 0.3 is 0 Å². The normalized spacial score (nSPS) is 19.9. The average molecular weight is 274 g/mol. The van der Waals surface area contributed by atoms with E-state index in [4.69, 9.17) is 0 Å². The number of hydrogen-bond acceptors (Lipinski definition) is 4. The van der Waals surface area contributed by atoms with E-state index >= 15 is 0 Å². The molecule has 0 bridgehead atoms. The van der Waals surface area contributed by atoms with E-state index in [0.29, 0.717) is 0 Å². The van der Waals surface area contributed by atoms with Crippen molar-refractivity contribution < 1.29 is 4.79 Å². The van der Waals surface area contributed by atoms with Crippen LogP contribution in [0.15, 0.2) is 18.3 Å². The summed E-state index contributed by atoms with van der Waals surface area (Å²) in [5.41, 5.74) is 0.722. The van der Waals surface area contributed by atoms with Crippen LogP contribution in [0.1, 0.15) is 23.2 Å². The molecule has 0 aromatic carbocycles. The smallest absolute Gasteiger partial charge is 0.254 e. The number of nitrogens with zero attached hydrogens (tertiary/aromatic N) is 3. The quantitative estimate of drug-likeness (QED) is 0.899. The lowest BCUT2D eigenvalue weighted by atomic mass is 10.2. The molecule has 1 N–H and O–H groups in total. The summed E-state index contributed by atoms with van der Waals surface area (Å²) in [5, 5.41) is 2.97. The Morgan fingerprint density at radius 2 is 2.10 bits per heavy atom. The Hall–Kier alpha value is -1.62. The molecule has 0 atom stereocenters. The van der Waals surface area contributed by atoms with Gasteiger partial charge in [-0.3, -0.25) is 9.69 Å². The van der Waals surface area contributed by atoms with Crippen molar-refractivity contribution in [3.05, 3.63) is 23.9 Å². The van der Waals surface area contributed by atoms with Gasteiger partial charge in [0.05, 0.1) is 0 Å². The molecule has 0 spiro atoms. The Morgan fingerprint density at radius 1 is 1.35 bits per heavy atom. The van der Waals surface area contributed by atoms with Crippen molar-refractivity contribution >= 4 is 11.7 Å². The van der Waals surface area contributed by atoms with Crippen molar-refractivity contribution in [2.75, 3.05) is 45.1 Å². The highest BCUT2D eigenvalue weighted by molar-refractivity contribution is 5.94. The van der Waals surface area contributed by atoms with Gasteiger partial charge in [-0.2, -0.15) is 0 Å². The van der Waals surface area contributed by atoms with Crippen LogP contribution >= 0.6 is 0 Å². The zero-order valence-corrected chi connectivity index (χ0v) is 12.0. The topological polar surface area (TPSA) is 48.5 Å². The molecule has 3 rings (SSSR count). The first kappa shape index (κ1) is 13.4. The molecule has 5 nitrogen and oxygen atoms in total. The minimum absolute atomic E-state index is 0.120. The molecule has 1 amide bonds. The van der Waals surface area contributed by atoms with Gasteiger partial charge in [-0.15, -0.1) is 0 Å². The third-order valence-corrected chi connectivity index (χ3v) is 4.14. The number of nitrogens with one attached hydrogen (secondary N) is 1. The second kappa shape index (κ2) is 5.79. The number of amides is 1. The van der Waals surface area contributed by atoms with Crippen molar-refractivity contribution in [1.82, 2.24) is 14.8 Å². The predicted octanol–water partition coefficient (Wildman–Crippen LogP) is 1.29. The Labute approximate surface area is 120 Å². The molecule has 108 valence electrons. The van der Waals surface area contributed by atoms with Gasteiger partial charge in [-0.25, -0.2) is 4.98 Å². The molecule has 1 saturated carbocycles. The SMILES string of the molecule is CNc1cc(C(=O)N2CCN(CC3CC3)CC2)ccn1. The Balaban J connectivity index is 1.57. The fraction of sp³-hybridized carbons (Fsp3) is 0.600. The first-order valence-corrected chi connectivity index (χ1v) is 7.41. The Bertz CT molecular complexity index is 479. The first-order chi connectivity index (χ1) is 9.76. The van der Waals surface area contributed by atoms with E-state index in [1.54, 1.807) is 12.3 Å². The zero-order valence-electron chi connectivity index (χ0n) is 12.0. The van der Waals surface area contributed by atoms with Gasteiger partial charge in [-0.1, -0.05) is 0 Å². The van der Waals surface area contributed by atoms with E-state index in [2.05, 4.69) is 15.2 Å². The lowest BCUT2D eigenvalue weighted by Crippen LogP contribution is -2.49. The average Bonchev–Trinajstić information content (AvgIpc) is 3.31. The highest BCUT2D eigenvalue weighted by atomic mass is 16.2. The van der Waals surface area contributed by atoms with Crippen LogP contribution < -0.4 is 5.32 Å². The van der Waals surface area contributed by atoms with Crippen LogP contribution in [0.3, 0.4) is 0 Å². The standard InChI is InChI=1S/C15H22N4O/c1-16-14-10-13(4-5-17-14)15(20)19-8-6-18(7-9-19)11-12-2-3-12/h4-5,10,12H,2-3,6-9,11H2,1H3,(H,16,17). The zero-order chi connectivity index (χ0) is 13.9. The van der Waals surface area contributed by atoms with Crippen molar-refractivity contribution in [3.8, 4) is 0 Å². The summed E-state index contributed by atoms with van der Waals surface area (Å²) in [7, 11) is 1.81. The minimum Gasteiger partial charge on any atom is -0.373 e. The molecule has 20 heavy (non-hydrogen) atoms. The molecule has 1 aromatic heterocycles. The molecule has 1 saturated heterocycles. The highest BCUT2D eigenvalue weighted by Crippen LogP contribution is 2.30. The van der Waals surface area contributed by atoms with E-state index in [-0.39, 0.29) is 5.91 Å². The summed E-state index contributed by atoms with van der Waals surface area (Å²) in [5.74, 6) is 1.79. The molecule has 1 aliphatic heterocycles. The molecule has 1 aliphatic carbocycles. The molecule has 2 fully saturated rings. The van der Waals surface area contributed by atoms with Gasteiger partial charge in [0, 0.05) is 51.5 Å². The number of anilines is 1. The molecular formula is C15H22N4O. The largest absolute Gasteiger partial charge is 0.373 e. The lowest BCUT2D eigenvalue weighted by molar-refractivity contribution is 0.0632. The van der Waals surface area contributed by atoms with Crippen LogP contribution in [0.5, 0.6) is 0 Å². The number of hydrogen-bond donors (Lipinski definition) is 1. The first-order valence-electron chi connectivity index (χ1n) is 7.41. The summed E-state index contributed by atoms with van der Waals surface area (Å²) in [6.07, 6.45) is 4.47. The summed E-state index contributed by atoms with van der Waals surface area (Å²) in [4.78, 5) is 21.1. The minimum atomic E-state index is 0.120. The maximum atomic E-state index is 12.5. The second-order valence-corrected chi connectivity index (χ2v) is 5.72.